The molecule has 0 N–H and O–H groups in total. The lowest BCUT2D eigenvalue weighted by Gasteiger charge is -2.04. The van der Waals surface area contributed by atoms with E-state index in [1.165, 1.54) is 13.8 Å². The molecule has 0 aromatic heterocycles. The van der Waals surface area contributed by atoms with Gasteiger partial charge in [0, 0.05) is 12.3 Å². The zero-order valence-corrected chi connectivity index (χ0v) is 7.72. The third kappa shape index (κ3) is 4.77. The highest BCUT2D eigenvalue weighted by Crippen LogP contribution is 2.05. The Balaban J connectivity index is 3.85. The van der Waals surface area contributed by atoms with Gasteiger partial charge in [-0.05, 0) is 13.8 Å². The average Bonchev–Trinajstić information content (AvgIpc) is 1.84. The molecular formula is C9H14O3. The first-order valence-corrected chi connectivity index (χ1v) is 3.95. The highest BCUT2D eigenvalue weighted by molar-refractivity contribution is 5.99. The molecule has 0 aliphatic carbocycles. The Kier molecular flexibility index (Phi) is 4.40. The van der Waals surface area contributed by atoms with E-state index in [9.17, 15) is 14.4 Å². The average molecular weight is 170 g/mol. The van der Waals surface area contributed by atoms with Gasteiger partial charge < -0.3 is 0 Å². The first-order chi connectivity index (χ1) is 5.43. The van der Waals surface area contributed by atoms with Crippen molar-refractivity contribution in [3.8, 4) is 0 Å². The smallest absolute Gasteiger partial charge is 0.140 e. The molecular weight excluding hydrogens is 156 g/mol. The van der Waals surface area contributed by atoms with Crippen molar-refractivity contribution in [2.24, 2.45) is 5.92 Å². The van der Waals surface area contributed by atoms with E-state index in [-0.39, 0.29) is 36.1 Å². The Morgan fingerprint density at radius 3 is 2.00 bits per heavy atom. The van der Waals surface area contributed by atoms with Gasteiger partial charge in [-0.15, -0.1) is 0 Å². The van der Waals surface area contributed by atoms with Gasteiger partial charge in [-0.1, -0.05) is 6.92 Å². The Hall–Kier alpha value is -0.990. The standard InChI is InChI=1S/C9H14O3/c1-6(8(3)11)4-9(12)5-7(2)10/h6H,4-5H2,1-3H3. The van der Waals surface area contributed by atoms with Crippen molar-refractivity contribution in [2.45, 2.75) is 33.6 Å². The zero-order chi connectivity index (χ0) is 9.72. The minimum Gasteiger partial charge on any atom is -0.300 e. The van der Waals surface area contributed by atoms with Crippen LogP contribution in [0.25, 0.3) is 0 Å². The summed E-state index contributed by atoms with van der Waals surface area (Å²) in [6.07, 6.45) is 0.145. The SMILES string of the molecule is CC(=O)CC(=O)CC(C)C(C)=O. The van der Waals surface area contributed by atoms with E-state index in [2.05, 4.69) is 0 Å². The number of hydrogen-bond acceptors (Lipinski definition) is 3. The highest BCUT2D eigenvalue weighted by atomic mass is 16.1. The number of Topliss-reactive ketones (excluding diaryl/α,β-unsaturated/α-hetero) is 3. The number of rotatable bonds is 5. The van der Waals surface area contributed by atoms with E-state index in [0.29, 0.717) is 0 Å². The van der Waals surface area contributed by atoms with Crippen LogP contribution in [-0.2, 0) is 14.4 Å². The van der Waals surface area contributed by atoms with Gasteiger partial charge in [0.1, 0.15) is 17.3 Å². The van der Waals surface area contributed by atoms with Crippen LogP contribution in [0.2, 0.25) is 0 Å². The van der Waals surface area contributed by atoms with Crippen molar-refractivity contribution in [1.82, 2.24) is 0 Å². The Labute approximate surface area is 72.1 Å². The van der Waals surface area contributed by atoms with Gasteiger partial charge in [0.15, 0.2) is 0 Å². The molecule has 0 amide bonds. The fourth-order valence-corrected chi connectivity index (χ4v) is 0.835. The minimum absolute atomic E-state index is 0.00750. The molecule has 12 heavy (non-hydrogen) atoms. The summed E-state index contributed by atoms with van der Waals surface area (Å²) in [7, 11) is 0. The first kappa shape index (κ1) is 11.0. The van der Waals surface area contributed by atoms with Crippen LogP contribution in [0.4, 0.5) is 0 Å². The van der Waals surface area contributed by atoms with Gasteiger partial charge in [-0.2, -0.15) is 0 Å². The van der Waals surface area contributed by atoms with E-state index in [1.54, 1.807) is 6.92 Å². The van der Waals surface area contributed by atoms with Crippen molar-refractivity contribution in [3.63, 3.8) is 0 Å². The van der Waals surface area contributed by atoms with Gasteiger partial charge in [-0.3, -0.25) is 14.4 Å². The maximum atomic E-state index is 11.0. The van der Waals surface area contributed by atoms with E-state index < -0.39 is 0 Å². The summed E-state index contributed by atoms with van der Waals surface area (Å²) >= 11 is 0. The lowest BCUT2D eigenvalue weighted by atomic mass is 9.99. The topological polar surface area (TPSA) is 51.2 Å². The molecule has 0 radical (unpaired) electrons. The molecule has 0 aliphatic heterocycles. The summed E-state index contributed by atoms with van der Waals surface area (Å²) in [4.78, 5) is 32.2. The molecule has 0 rings (SSSR count). The minimum atomic E-state index is -0.253. The summed E-state index contributed by atoms with van der Waals surface area (Å²) in [6, 6.07) is 0. The number of hydrogen-bond donors (Lipinski definition) is 0. The van der Waals surface area contributed by atoms with Gasteiger partial charge in [0.05, 0.1) is 6.42 Å². The molecule has 68 valence electrons. The molecule has 0 aliphatic rings. The number of carbonyl (C=O) groups excluding carboxylic acids is 3. The Morgan fingerprint density at radius 1 is 1.17 bits per heavy atom. The van der Waals surface area contributed by atoms with Crippen LogP contribution < -0.4 is 0 Å². The fourth-order valence-electron chi connectivity index (χ4n) is 0.835. The second-order valence-corrected chi connectivity index (χ2v) is 3.13. The molecule has 3 nitrogen and oxygen atoms in total. The second kappa shape index (κ2) is 4.80. The third-order valence-corrected chi connectivity index (χ3v) is 1.67. The second-order valence-electron chi connectivity index (χ2n) is 3.13. The molecule has 0 spiro atoms. The molecule has 0 bridgehead atoms. The van der Waals surface area contributed by atoms with Crippen molar-refractivity contribution >= 4 is 17.3 Å². The number of ketones is 3. The fraction of sp³-hybridized carbons (Fsp3) is 0.667. The molecule has 0 saturated carbocycles. The van der Waals surface area contributed by atoms with E-state index in [1.807, 2.05) is 0 Å². The summed E-state index contributed by atoms with van der Waals surface area (Å²) in [6.45, 7) is 4.52. The quantitative estimate of drug-likeness (QED) is 0.581. The first-order valence-electron chi connectivity index (χ1n) is 3.95. The number of carbonyl (C=O) groups is 3. The third-order valence-electron chi connectivity index (χ3n) is 1.67. The maximum absolute atomic E-state index is 11.0. The molecule has 1 unspecified atom stereocenters. The summed E-state index contributed by atoms with van der Waals surface area (Å²) in [5.41, 5.74) is 0. The van der Waals surface area contributed by atoms with Gasteiger partial charge in [0.25, 0.3) is 0 Å². The predicted octanol–water partition coefficient (Wildman–Crippen LogP) is 1.15. The maximum Gasteiger partial charge on any atom is 0.140 e. The molecule has 0 aromatic carbocycles. The summed E-state index contributed by atoms with van der Waals surface area (Å²) < 4.78 is 0. The van der Waals surface area contributed by atoms with Crippen LogP contribution in [0.15, 0.2) is 0 Å². The summed E-state index contributed by atoms with van der Waals surface area (Å²) in [5.74, 6) is -0.551. The van der Waals surface area contributed by atoms with Gasteiger partial charge >= 0.3 is 0 Å². The highest BCUT2D eigenvalue weighted by Gasteiger charge is 2.13. The predicted molar refractivity (Wildman–Crippen MR) is 44.8 cm³/mol. The van der Waals surface area contributed by atoms with Crippen LogP contribution in [-0.4, -0.2) is 17.3 Å². The molecule has 0 heterocycles. The van der Waals surface area contributed by atoms with E-state index in [4.69, 9.17) is 0 Å². The molecule has 3 heteroatoms. The van der Waals surface area contributed by atoms with Crippen molar-refractivity contribution in [3.05, 3.63) is 0 Å². The van der Waals surface area contributed by atoms with Crippen LogP contribution in [0.3, 0.4) is 0 Å². The normalized spacial score (nSPS) is 12.2. The van der Waals surface area contributed by atoms with Gasteiger partial charge in [0.2, 0.25) is 0 Å². The molecule has 0 fully saturated rings. The van der Waals surface area contributed by atoms with Crippen LogP contribution >= 0.6 is 0 Å². The zero-order valence-electron chi connectivity index (χ0n) is 7.72. The van der Waals surface area contributed by atoms with E-state index >= 15 is 0 Å². The van der Waals surface area contributed by atoms with Gasteiger partial charge in [-0.25, -0.2) is 0 Å². The Bertz CT molecular complexity index is 206. The van der Waals surface area contributed by atoms with E-state index in [0.717, 1.165) is 0 Å². The van der Waals surface area contributed by atoms with Crippen LogP contribution in [0.5, 0.6) is 0 Å². The lowest BCUT2D eigenvalue weighted by molar-refractivity contribution is -0.129. The molecule has 0 saturated heterocycles. The van der Waals surface area contributed by atoms with Crippen molar-refractivity contribution < 1.29 is 14.4 Å². The summed E-state index contributed by atoms with van der Waals surface area (Å²) in [5, 5.41) is 0. The molecule has 1 atom stereocenters. The van der Waals surface area contributed by atoms with Crippen molar-refractivity contribution in [2.75, 3.05) is 0 Å². The molecule has 0 aromatic rings. The van der Waals surface area contributed by atoms with Crippen molar-refractivity contribution in [1.29, 1.82) is 0 Å². The van der Waals surface area contributed by atoms with Crippen LogP contribution in [0.1, 0.15) is 33.6 Å². The Morgan fingerprint density at radius 2 is 1.67 bits per heavy atom. The monoisotopic (exact) mass is 170 g/mol. The van der Waals surface area contributed by atoms with Crippen LogP contribution in [0, 0.1) is 5.92 Å². The lowest BCUT2D eigenvalue weighted by Crippen LogP contribution is -2.14. The largest absolute Gasteiger partial charge is 0.300 e.